The van der Waals surface area contributed by atoms with Gasteiger partial charge in [-0.1, -0.05) is 0 Å². The number of rotatable bonds is 7. The van der Waals surface area contributed by atoms with Gasteiger partial charge in [-0.15, -0.1) is 0 Å². The normalized spacial score (nSPS) is 10.5. The van der Waals surface area contributed by atoms with Gasteiger partial charge in [-0.05, 0) is 18.2 Å². The van der Waals surface area contributed by atoms with Crippen LogP contribution >= 0.6 is 0 Å². The molecule has 0 aliphatic carbocycles. The van der Waals surface area contributed by atoms with Crippen LogP contribution < -0.4 is 29.7 Å². The number of hydrogen-bond acceptors (Lipinski definition) is 8. The molecule has 2 aromatic carbocycles. The van der Waals surface area contributed by atoms with E-state index in [0.29, 0.717) is 22.8 Å². The fraction of sp³-hybridized carbons (Fsp3) is 0.227. The van der Waals surface area contributed by atoms with Crippen LogP contribution in [0.4, 0.5) is 0 Å². The molecule has 0 fully saturated rings. The number of fused-ring (bicyclic) bond motifs is 1. The Morgan fingerprint density at radius 2 is 1.65 bits per heavy atom. The quantitative estimate of drug-likeness (QED) is 0.612. The average molecular weight is 427 g/mol. The van der Waals surface area contributed by atoms with Crippen molar-refractivity contribution < 1.29 is 33.0 Å². The highest BCUT2D eigenvalue weighted by Crippen LogP contribution is 2.35. The van der Waals surface area contributed by atoms with Crippen molar-refractivity contribution in [3.63, 3.8) is 0 Å². The van der Waals surface area contributed by atoms with Gasteiger partial charge >= 0.3 is 0 Å². The lowest BCUT2D eigenvalue weighted by Gasteiger charge is -2.12. The molecule has 0 spiro atoms. The number of ether oxygens (including phenoxy) is 4. The molecule has 1 heterocycles. The van der Waals surface area contributed by atoms with E-state index >= 15 is 0 Å². The first-order valence-corrected chi connectivity index (χ1v) is 9.17. The topological polar surface area (TPSA) is 113 Å². The van der Waals surface area contributed by atoms with Crippen molar-refractivity contribution in [2.45, 2.75) is 6.92 Å². The summed E-state index contributed by atoms with van der Waals surface area (Å²) in [5.41, 5.74) is 0.491. The number of nitrogens with one attached hydrogen (secondary N) is 1. The lowest BCUT2D eigenvalue weighted by Crippen LogP contribution is -2.32. The Morgan fingerprint density at radius 1 is 0.935 bits per heavy atom. The van der Waals surface area contributed by atoms with Crippen molar-refractivity contribution in [2.24, 2.45) is 0 Å². The third-order valence-electron chi connectivity index (χ3n) is 4.34. The molecule has 0 aliphatic rings. The molecule has 0 unspecified atom stereocenters. The summed E-state index contributed by atoms with van der Waals surface area (Å²) in [6, 6.07) is 9.42. The SMILES string of the molecule is COc1ccc(-c2cc(=O)c3c(OC)cc(OCC(=O)NC(C)=O)cc3o2)cc1OC. The van der Waals surface area contributed by atoms with Gasteiger partial charge in [0.15, 0.2) is 23.5 Å². The summed E-state index contributed by atoms with van der Waals surface area (Å²) in [6.45, 7) is 0.829. The van der Waals surface area contributed by atoms with Crippen LogP contribution in [0.1, 0.15) is 6.92 Å². The minimum atomic E-state index is -0.605. The largest absolute Gasteiger partial charge is 0.496 e. The van der Waals surface area contributed by atoms with Crippen LogP contribution in [0.2, 0.25) is 0 Å². The predicted octanol–water partition coefficient (Wildman–Crippen LogP) is 2.53. The third-order valence-corrected chi connectivity index (χ3v) is 4.34. The first-order chi connectivity index (χ1) is 14.9. The van der Waals surface area contributed by atoms with Crippen LogP contribution in [-0.4, -0.2) is 39.8 Å². The number of benzene rings is 2. The summed E-state index contributed by atoms with van der Waals surface area (Å²) >= 11 is 0. The van der Waals surface area contributed by atoms with Gasteiger partial charge in [-0.3, -0.25) is 19.7 Å². The molecule has 0 aliphatic heterocycles. The number of carbonyl (C=O) groups is 2. The van der Waals surface area contributed by atoms with Crippen LogP contribution in [-0.2, 0) is 9.59 Å². The van der Waals surface area contributed by atoms with Crippen molar-refractivity contribution in [2.75, 3.05) is 27.9 Å². The van der Waals surface area contributed by atoms with Gasteiger partial charge in [-0.25, -0.2) is 0 Å². The highest BCUT2D eigenvalue weighted by molar-refractivity contribution is 5.94. The first-order valence-electron chi connectivity index (χ1n) is 9.17. The lowest BCUT2D eigenvalue weighted by molar-refractivity contribution is -0.130. The molecule has 0 saturated heterocycles. The molecular weight excluding hydrogens is 406 g/mol. The van der Waals surface area contributed by atoms with Crippen molar-refractivity contribution in [3.8, 4) is 34.3 Å². The molecule has 0 radical (unpaired) electrons. The monoisotopic (exact) mass is 427 g/mol. The maximum Gasteiger partial charge on any atom is 0.264 e. The summed E-state index contributed by atoms with van der Waals surface area (Å²) in [7, 11) is 4.44. The van der Waals surface area contributed by atoms with E-state index in [0.717, 1.165) is 0 Å². The molecular formula is C22H21NO8. The fourth-order valence-corrected chi connectivity index (χ4v) is 2.99. The number of imide groups is 1. The number of amides is 2. The molecule has 9 heteroatoms. The third kappa shape index (κ3) is 4.77. The number of carbonyl (C=O) groups excluding carboxylic acids is 2. The Morgan fingerprint density at radius 3 is 2.29 bits per heavy atom. The summed E-state index contributed by atoms with van der Waals surface area (Å²) < 4.78 is 27.2. The maximum absolute atomic E-state index is 12.8. The van der Waals surface area contributed by atoms with Crippen LogP contribution in [0, 0.1) is 0 Å². The van der Waals surface area contributed by atoms with Crippen LogP contribution in [0.15, 0.2) is 45.6 Å². The summed E-state index contributed by atoms with van der Waals surface area (Å²) in [6.07, 6.45) is 0. The first kappa shape index (κ1) is 21.7. The Labute approximate surface area is 177 Å². The summed E-state index contributed by atoms with van der Waals surface area (Å²) in [5.74, 6) is 0.682. The second-order valence-corrected chi connectivity index (χ2v) is 6.44. The highest BCUT2D eigenvalue weighted by Gasteiger charge is 2.16. The Kier molecular flexibility index (Phi) is 6.44. The average Bonchev–Trinajstić information content (AvgIpc) is 2.75. The molecule has 0 atom stereocenters. The maximum atomic E-state index is 12.8. The number of hydrogen-bond donors (Lipinski definition) is 1. The fourth-order valence-electron chi connectivity index (χ4n) is 2.99. The van der Waals surface area contributed by atoms with E-state index in [9.17, 15) is 14.4 Å². The Balaban J connectivity index is 2.04. The van der Waals surface area contributed by atoms with Gasteiger partial charge in [-0.2, -0.15) is 0 Å². The van der Waals surface area contributed by atoms with E-state index in [2.05, 4.69) is 5.32 Å². The van der Waals surface area contributed by atoms with E-state index in [-0.39, 0.29) is 27.9 Å². The zero-order valence-electron chi connectivity index (χ0n) is 17.4. The predicted molar refractivity (Wildman–Crippen MR) is 112 cm³/mol. The van der Waals surface area contributed by atoms with Gasteiger partial charge < -0.3 is 23.4 Å². The number of methoxy groups -OCH3 is 3. The molecule has 1 N–H and O–H groups in total. The minimum absolute atomic E-state index is 0.207. The smallest absolute Gasteiger partial charge is 0.264 e. The molecule has 3 aromatic rings. The Hall–Kier alpha value is -4.01. The van der Waals surface area contributed by atoms with Gasteiger partial charge in [0.25, 0.3) is 5.91 Å². The second-order valence-electron chi connectivity index (χ2n) is 6.44. The molecule has 162 valence electrons. The van der Waals surface area contributed by atoms with Crippen LogP contribution in [0.5, 0.6) is 23.0 Å². The zero-order valence-corrected chi connectivity index (χ0v) is 17.4. The lowest BCUT2D eigenvalue weighted by atomic mass is 10.1. The van der Waals surface area contributed by atoms with E-state index in [1.807, 2.05) is 0 Å². The van der Waals surface area contributed by atoms with E-state index in [1.54, 1.807) is 18.2 Å². The van der Waals surface area contributed by atoms with Gasteiger partial charge in [0.1, 0.15) is 28.2 Å². The summed E-state index contributed by atoms with van der Waals surface area (Å²) in [4.78, 5) is 35.4. The van der Waals surface area contributed by atoms with Crippen molar-refractivity contribution >= 4 is 22.8 Å². The Bertz CT molecular complexity index is 1200. The molecule has 0 saturated carbocycles. The van der Waals surface area contributed by atoms with Crippen molar-refractivity contribution in [1.29, 1.82) is 0 Å². The van der Waals surface area contributed by atoms with Gasteiger partial charge in [0.05, 0.1) is 21.3 Å². The molecule has 1 aromatic heterocycles. The molecule has 0 bridgehead atoms. The van der Waals surface area contributed by atoms with Gasteiger partial charge in [0.2, 0.25) is 5.91 Å². The zero-order chi connectivity index (χ0) is 22.5. The second kappa shape index (κ2) is 9.21. The van der Waals surface area contributed by atoms with Gasteiger partial charge in [0, 0.05) is 30.7 Å². The van der Waals surface area contributed by atoms with Crippen molar-refractivity contribution in [1.82, 2.24) is 5.32 Å². The highest BCUT2D eigenvalue weighted by atomic mass is 16.5. The van der Waals surface area contributed by atoms with E-state index in [1.165, 1.54) is 46.5 Å². The van der Waals surface area contributed by atoms with E-state index < -0.39 is 18.4 Å². The van der Waals surface area contributed by atoms with E-state index in [4.69, 9.17) is 23.4 Å². The standard InChI is InChI=1S/C22H21NO8/c1-12(24)23-21(26)11-30-14-8-19(29-4)22-15(25)10-17(31-20(22)9-14)13-5-6-16(27-2)18(7-13)28-3/h5-10H,11H2,1-4H3,(H,23,24,26). The molecule has 2 amide bonds. The van der Waals surface area contributed by atoms with Crippen LogP contribution in [0.3, 0.4) is 0 Å². The van der Waals surface area contributed by atoms with Crippen LogP contribution in [0.25, 0.3) is 22.3 Å². The van der Waals surface area contributed by atoms with Crippen molar-refractivity contribution in [3.05, 3.63) is 46.6 Å². The molecule has 9 nitrogen and oxygen atoms in total. The molecule has 31 heavy (non-hydrogen) atoms. The summed E-state index contributed by atoms with van der Waals surface area (Å²) in [5, 5.41) is 2.34. The molecule has 3 rings (SSSR count). The minimum Gasteiger partial charge on any atom is -0.496 e.